The van der Waals surface area contributed by atoms with E-state index >= 15 is 0 Å². The van der Waals surface area contributed by atoms with Gasteiger partial charge in [-0.3, -0.25) is 19.6 Å². The molecule has 3 heterocycles. The lowest BCUT2D eigenvalue weighted by Gasteiger charge is -2.32. The van der Waals surface area contributed by atoms with Crippen LogP contribution in [-0.4, -0.2) is 155 Å². The summed E-state index contributed by atoms with van der Waals surface area (Å²) in [6, 6.07) is 35.2. The fraction of sp³-hybridized carbons (Fsp3) is 0.327. The molecule has 21 heteroatoms. The Morgan fingerprint density at radius 1 is 0.882 bits per heavy atom. The Kier molecular flexibility index (Phi) is 19.0. The highest BCUT2D eigenvalue weighted by Gasteiger charge is 2.27. The van der Waals surface area contributed by atoms with Crippen LogP contribution in [0.4, 0.5) is 17.1 Å². The summed E-state index contributed by atoms with van der Waals surface area (Å²) in [5, 5.41) is 48.4. The Labute approximate surface area is 452 Å². The van der Waals surface area contributed by atoms with Gasteiger partial charge in [-0.05, 0) is 125 Å². The summed E-state index contributed by atoms with van der Waals surface area (Å²) in [5.74, 6) is 0.367. The van der Waals surface area contributed by atoms with Crippen molar-refractivity contribution < 1.29 is 28.3 Å². The zero-order valence-electron chi connectivity index (χ0n) is 42.8. The third-order valence-electron chi connectivity index (χ3n) is 13.2. The molecular weight excluding hydrogens is 1030 g/mol. The zero-order chi connectivity index (χ0) is 53.8. The molecule has 7 aromatic rings. The van der Waals surface area contributed by atoms with Gasteiger partial charge < -0.3 is 40.1 Å². The van der Waals surface area contributed by atoms with Gasteiger partial charge in [0.1, 0.15) is 17.1 Å². The van der Waals surface area contributed by atoms with Crippen molar-refractivity contribution in [2.75, 3.05) is 89.4 Å². The Morgan fingerprint density at radius 3 is 2.33 bits per heavy atom. The van der Waals surface area contributed by atoms with E-state index in [1.165, 1.54) is 12.1 Å². The zero-order valence-corrected chi connectivity index (χ0v) is 45.1. The Bertz CT molecular complexity index is 3170. The Morgan fingerprint density at radius 2 is 1.62 bits per heavy atom. The number of nitro groups is 1. The quantitative estimate of drug-likeness (QED) is 0.0158. The van der Waals surface area contributed by atoms with Crippen LogP contribution >= 0.6 is 23.4 Å². The largest absolute Gasteiger partial charge is 0.394 e. The maximum absolute atomic E-state index is 14.4. The van der Waals surface area contributed by atoms with Gasteiger partial charge in [0.2, 0.25) is 0 Å². The van der Waals surface area contributed by atoms with Crippen molar-refractivity contribution in [1.29, 1.82) is 0 Å². The number of carbonyl (C=O) groups is 1. The minimum absolute atomic E-state index is 0.143. The van der Waals surface area contributed by atoms with E-state index in [0.717, 1.165) is 73.3 Å². The molecule has 5 aromatic carbocycles. The van der Waals surface area contributed by atoms with E-state index in [9.17, 15) is 33.5 Å². The molecule has 1 aliphatic heterocycles. The van der Waals surface area contributed by atoms with E-state index < -0.39 is 27.7 Å². The smallest absolute Gasteiger partial charge is 0.293 e. The summed E-state index contributed by atoms with van der Waals surface area (Å²) >= 11 is 7.98. The maximum Gasteiger partial charge on any atom is 0.293 e. The van der Waals surface area contributed by atoms with Crippen LogP contribution in [0.15, 0.2) is 144 Å². The number of benzene rings is 5. The average molecular weight is 1090 g/mol. The predicted molar refractivity (Wildman–Crippen MR) is 301 cm³/mol. The van der Waals surface area contributed by atoms with Crippen molar-refractivity contribution in [2.45, 2.75) is 47.7 Å². The maximum atomic E-state index is 14.4. The molecule has 0 aliphatic carbocycles. The summed E-state index contributed by atoms with van der Waals surface area (Å²) in [4.78, 5) is 33.8. The molecule has 2 atom stereocenters. The minimum atomic E-state index is -4.25. The first kappa shape index (κ1) is 55.6. The van der Waals surface area contributed by atoms with Crippen LogP contribution in [0.3, 0.4) is 0 Å². The van der Waals surface area contributed by atoms with Crippen molar-refractivity contribution in [3.05, 3.63) is 155 Å². The van der Waals surface area contributed by atoms with Gasteiger partial charge in [-0.1, -0.05) is 71.4 Å². The topological polar surface area (TPSA) is 216 Å². The number of nitrogens with zero attached hydrogens (tertiary/aromatic N) is 8. The fourth-order valence-electron chi connectivity index (χ4n) is 8.90. The molecule has 18 nitrogen and oxygen atoms in total. The molecule has 5 N–H and O–H groups in total. The van der Waals surface area contributed by atoms with Crippen molar-refractivity contribution in [3.8, 4) is 39.2 Å². The summed E-state index contributed by atoms with van der Waals surface area (Å²) < 4.78 is 33.5. The van der Waals surface area contributed by atoms with E-state index in [4.69, 9.17) is 11.6 Å². The number of carbonyl (C=O) groups excluding carboxylic acids is 1. The number of amides is 1. The number of thioether (sulfide) groups is 1. The van der Waals surface area contributed by atoms with Gasteiger partial charge in [0, 0.05) is 95.6 Å². The second kappa shape index (κ2) is 25.9. The number of rotatable bonds is 25. The average Bonchev–Trinajstić information content (AvgIpc) is 4.08. The number of anilines is 2. The highest BCUT2D eigenvalue weighted by molar-refractivity contribution is 7.99. The van der Waals surface area contributed by atoms with Crippen molar-refractivity contribution in [1.82, 2.24) is 39.6 Å². The van der Waals surface area contributed by atoms with Gasteiger partial charge in [0.15, 0.2) is 0 Å². The molecule has 400 valence electrons. The highest BCUT2D eigenvalue weighted by Crippen LogP contribution is 2.39. The van der Waals surface area contributed by atoms with Gasteiger partial charge in [-0.2, -0.15) is 0 Å². The lowest BCUT2D eigenvalue weighted by Crippen LogP contribution is -2.45. The third-order valence-corrected chi connectivity index (χ3v) is 16.0. The molecule has 1 aliphatic rings. The van der Waals surface area contributed by atoms with Crippen LogP contribution in [0.5, 0.6) is 0 Å². The number of nitro benzene ring substituents is 1. The van der Waals surface area contributed by atoms with Crippen LogP contribution < -0.4 is 15.4 Å². The minimum Gasteiger partial charge on any atom is -0.394 e. The van der Waals surface area contributed by atoms with E-state index in [-0.39, 0.29) is 46.9 Å². The number of aliphatic hydroxyl groups is 2. The number of hydrogen-bond acceptors (Lipinski definition) is 14. The van der Waals surface area contributed by atoms with Crippen molar-refractivity contribution in [3.63, 3.8) is 0 Å². The fourth-order valence-corrected chi connectivity index (χ4v) is 11.1. The number of aryl methyl sites for hydroxylation is 1. The van der Waals surface area contributed by atoms with Gasteiger partial charge in [-0.15, -0.1) is 16.9 Å². The molecular formula is C55H64ClN11O7S2. The number of aliphatic hydroxyl groups excluding tert-OH is 2. The van der Waals surface area contributed by atoms with Gasteiger partial charge in [0.05, 0.1) is 34.4 Å². The van der Waals surface area contributed by atoms with Crippen LogP contribution in [0.1, 0.15) is 29.8 Å². The number of aromatic nitrogens is 4. The van der Waals surface area contributed by atoms with E-state index in [0.29, 0.717) is 51.9 Å². The molecule has 1 saturated heterocycles. The molecule has 0 saturated carbocycles. The van der Waals surface area contributed by atoms with Gasteiger partial charge in [-0.25, -0.2) is 13.1 Å². The number of halogens is 1. The SMILES string of the molecule is CN(C)CCC(CSc1ccccc1)Nc1ccc(S(=O)(=O)Nc2ccc(-c3cn(-c4cccc(-c5c(-c6ccc(Cl)cc6)cn(CCC(O)CO)c5C(=O)NCCCN5CCN(C)CC5)c4)nn3)cc2)cc1[N+](=O)[O-]. The summed E-state index contributed by atoms with van der Waals surface area (Å²) in [6.07, 6.45) is 4.37. The standard InChI is InChI=1S/C55H64ClN11O7S2/c1-62(2)27-23-44(38-75-47-11-5-4-6-12-47)58-50-22-21-48(34-52(50)67(71)72)76(73,74)60-43-19-15-40(16-20-43)51-36-66(61-59-51)45-10-7-9-41(33-45)53-49(39-13-17-42(56)18-14-39)35-65(28-24-46(69)37-68)54(53)55(70)57-25-8-26-64-31-29-63(3)30-32-64/h4-7,9-22,33-36,44,46,58,60,68-69H,8,23-32,37-38H2,1-3H3,(H,57,70). The summed E-state index contributed by atoms with van der Waals surface area (Å²) in [5.41, 5.74) is 5.29. The summed E-state index contributed by atoms with van der Waals surface area (Å²) in [6.45, 7) is 5.90. The Hall–Kier alpha value is -6.62. The van der Waals surface area contributed by atoms with E-state index in [1.807, 2.05) is 96.5 Å². The number of piperazine rings is 1. The van der Waals surface area contributed by atoms with Gasteiger partial charge in [0.25, 0.3) is 21.6 Å². The number of likely N-dealkylation sites (N-methyl/N-ethyl adjacent to an activating group) is 1. The highest BCUT2D eigenvalue weighted by atomic mass is 35.5. The second-order valence-corrected chi connectivity index (χ2v) is 22.3. The number of sulfonamides is 1. The van der Waals surface area contributed by atoms with Crippen molar-refractivity contribution >= 4 is 56.4 Å². The van der Waals surface area contributed by atoms with Gasteiger partial charge >= 0.3 is 0 Å². The van der Waals surface area contributed by atoms with Crippen LogP contribution in [0.2, 0.25) is 5.02 Å². The molecule has 2 aromatic heterocycles. The van der Waals surface area contributed by atoms with E-state index in [1.54, 1.807) is 59.0 Å². The summed E-state index contributed by atoms with van der Waals surface area (Å²) in [7, 11) is 1.80. The van der Waals surface area contributed by atoms with Crippen LogP contribution in [0.25, 0.3) is 39.2 Å². The predicted octanol–water partition coefficient (Wildman–Crippen LogP) is 8.07. The monoisotopic (exact) mass is 1090 g/mol. The van der Waals surface area contributed by atoms with Crippen molar-refractivity contribution in [2.24, 2.45) is 0 Å². The Balaban J connectivity index is 1.00. The first-order valence-corrected chi connectivity index (χ1v) is 28.0. The molecule has 0 spiro atoms. The molecule has 76 heavy (non-hydrogen) atoms. The van der Waals surface area contributed by atoms with E-state index in [2.05, 4.69) is 42.5 Å². The third kappa shape index (κ3) is 14.6. The number of hydrogen-bond donors (Lipinski definition) is 5. The van der Waals surface area contributed by atoms with Crippen LogP contribution in [0, 0.1) is 10.1 Å². The molecule has 0 bridgehead atoms. The molecule has 1 amide bonds. The van der Waals surface area contributed by atoms with Crippen LogP contribution in [-0.2, 0) is 16.6 Å². The first-order chi connectivity index (χ1) is 36.6. The normalized spacial score (nSPS) is 14.1. The first-order valence-electron chi connectivity index (χ1n) is 25.1. The lowest BCUT2D eigenvalue weighted by molar-refractivity contribution is -0.384. The molecule has 0 radical (unpaired) electrons. The molecule has 2 unspecified atom stereocenters. The number of nitrogens with one attached hydrogen (secondary N) is 3. The molecule has 8 rings (SSSR count). The lowest BCUT2D eigenvalue weighted by atomic mass is 9.96. The molecule has 1 fully saturated rings. The second-order valence-electron chi connectivity index (χ2n) is 19.1.